The van der Waals surface area contributed by atoms with E-state index in [4.69, 9.17) is 0 Å². The lowest BCUT2D eigenvalue weighted by molar-refractivity contribution is -0.132. The molecule has 1 aliphatic rings. The van der Waals surface area contributed by atoms with E-state index in [1.165, 1.54) is 5.56 Å². The van der Waals surface area contributed by atoms with Crippen LogP contribution in [0.2, 0.25) is 0 Å². The van der Waals surface area contributed by atoms with E-state index in [1.807, 2.05) is 29.4 Å². The molecule has 0 radical (unpaired) electrons. The average molecular weight is 333 g/mol. The van der Waals surface area contributed by atoms with Crippen molar-refractivity contribution in [3.8, 4) is 0 Å². The topological polar surface area (TPSA) is 38.1 Å². The molecular formula is C21H23N3O. The first-order chi connectivity index (χ1) is 12.3. The number of benzene rings is 2. The molecule has 0 aliphatic carbocycles. The minimum Gasteiger partial charge on any atom is -0.343 e. The maximum Gasteiger partial charge on any atom is 0.224 e. The molecule has 4 nitrogen and oxygen atoms in total. The summed E-state index contributed by atoms with van der Waals surface area (Å²) in [4.78, 5) is 19.0. The quantitative estimate of drug-likeness (QED) is 0.728. The van der Waals surface area contributed by atoms with Crippen LogP contribution in [0, 0.1) is 0 Å². The Labute approximate surface area is 148 Å². The van der Waals surface area contributed by atoms with Crippen LogP contribution in [0.1, 0.15) is 30.7 Å². The van der Waals surface area contributed by atoms with Crippen LogP contribution in [0.15, 0.2) is 60.9 Å². The minimum atomic E-state index is 0.254. The fraction of sp³-hybridized carbons (Fsp3) is 0.333. The van der Waals surface area contributed by atoms with Gasteiger partial charge in [0.1, 0.15) is 0 Å². The van der Waals surface area contributed by atoms with E-state index in [-0.39, 0.29) is 5.91 Å². The number of carbonyl (C=O) groups excluding carboxylic acids is 1. The van der Waals surface area contributed by atoms with Crippen LogP contribution in [-0.2, 0) is 11.3 Å². The Morgan fingerprint density at radius 2 is 1.72 bits per heavy atom. The number of aryl methyl sites for hydroxylation is 1. The van der Waals surface area contributed by atoms with Crippen LogP contribution < -0.4 is 0 Å². The highest BCUT2D eigenvalue weighted by Gasteiger charge is 2.23. The van der Waals surface area contributed by atoms with E-state index in [9.17, 15) is 4.79 Å². The summed E-state index contributed by atoms with van der Waals surface area (Å²) in [7, 11) is 0. The number of hydrogen-bond acceptors (Lipinski definition) is 2. The van der Waals surface area contributed by atoms with E-state index < -0.39 is 0 Å². The van der Waals surface area contributed by atoms with Gasteiger partial charge in [0, 0.05) is 26.1 Å². The first kappa shape index (κ1) is 15.9. The van der Waals surface area contributed by atoms with Gasteiger partial charge in [0.25, 0.3) is 0 Å². The van der Waals surface area contributed by atoms with Crippen molar-refractivity contribution in [1.29, 1.82) is 0 Å². The van der Waals surface area contributed by atoms with Gasteiger partial charge in [-0.05, 0) is 36.5 Å². The summed E-state index contributed by atoms with van der Waals surface area (Å²) in [5.41, 5.74) is 3.48. The van der Waals surface area contributed by atoms with E-state index in [1.54, 1.807) is 0 Å². The molecule has 2 aromatic carbocycles. The highest BCUT2D eigenvalue weighted by Crippen LogP contribution is 2.28. The van der Waals surface area contributed by atoms with Gasteiger partial charge < -0.3 is 9.47 Å². The minimum absolute atomic E-state index is 0.254. The van der Waals surface area contributed by atoms with Crippen LogP contribution >= 0.6 is 0 Å². The number of hydrogen-bond donors (Lipinski definition) is 0. The zero-order valence-electron chi connectivity index (χ0n) is 14.3. The largest absolute Gasteiger partial charge is 0.343 e. The first-order valence-electron chi connectivity index (χ1n) is 9.04. The Kier molecular flexibility index (Phi) is 4.51. The molecule has 2 heterocycles. The summed E-state index contributed by atoms with van der Waals surface area (Å²) in [6, 6.07) is 18.7. The molecule has 0 atom stereocenters. The molecule has 0 spiro atoms. The molecule has 1 saturated heterocycles. The lowest BCUT2D eigenvalue weighted by atomic mass is 9.89. The van der Waals surface area contributed by atoms with Crippen LogP contribution in [0.3, 0.4) is 0 Å². The van der Waals surface area contributed by atoms with Gasteiger partial charge in [0.15, 0.2) is 0 Å². The maximum atomic E-state index is 12.6. The SMILES string of the molecule is O=C(CCn1cnc2ccccc21)N1CCC(c2ccccc2)CC1. The number of nitrogens with zero attached hydrogens (tertiary/aromatic N) is 3. The number of aromatic nitrogens is 2. The Morgan fingerprint density at radius 1 is 1.00 bits per heavy atom. The van der Waals surface area contributed by atoms with Gasteiger partial charge in [-0.2, -0.15) is 0 Å². The lowest BCUT2D eigenvalue weighted by Crippen LogP contribution is -2.38. The predicted molar refractivity (Wildman–Crippen MR) is 99.3 cm³/mol. The van der Waals surface area contributed by atoms with Crippen LogP contribution in [0.25, 0.3) is 11.0 Å². The number of piperidine rings is 1. The highest BCUT2D eigenvalue weighted by molar-refractivity contribution is 5.77. The van der Waals surface area contributed by atoms with Gasteiger partial charge in [-0.1, -0.05) is 42.5 Å². The van der Waals surface area contributed by atoms with Gasteiger partial charge in [-0.3, -0.25) is 4.79 Å². The molecule has 1 amide bonds. The van der Waals surface area contributed by atoms with E-state index in [0.717, 1.165) is 37.0 Å². The van der Waals surface area contributed by atoms with Gasteiger partial charge in [0.2, 0.25) is 5.91 Å². The maximum absolute atomic E-state index is 12.6. The highest BCUT2D eigenvalue weighted by atomic mass is 16.2. The third-order valence-corrected chi connectivity index (χ3v) is 5.21. The lowest BCUT2D eigenvalue weighted by Gasteiger charge is -2.32. The predicted octanol–water partition coefficient (Wildman–Crippen LogP) is 3.83. The zero-order chi connectivity index (χ0) is 17.1. The Balaban J connectivity index is 1.32. The molecule has 4 heteroatoms. The molecular weight excluding hydrogens is 310 g/mol. The molecule has 1 aromatic heterocycles. The molecule has 1 fully saturated rings. The zero-order valence-corrected chi connectivity index (χ0v) is 14.3. The summed E-state index contributed by atoms with van der Waals surface area (Å²) >= 11 is 0. The second-order valence-electron chi connectivity index (χ2n) is 6.74. The standard InChI is InChI=1S/C21H23N3O/c25-21(12-15-24-16-22-19-8-4-5-9-20(19)24)23-13-10-18(11-14-23)17-6-2-1-3-7-17/h1-9,16,18H,10-15H2. The second kappa shape index (κ2) is 7.09. The summed E-state index contributed by atoms with van der Waals surface area (Å²) in [6.07, 6.45) is 4.49. The van der Waals surface area contributed by atoms with Gasteiger partial charge in [-0.15, -0.1) is 0 Å². The normalized spacial score (nSPS) is 15.6. The molecule has 3 aromatic rings. The number of likely N-dealkylation sites (tertiary alicyclic amines) is 1. The summed E-state index contributed by atoms with van der Waals surface area (Å²) in [5, 5.41) is 0. The number of fused-ring (bicyclic) bond motifs is 1. The van der Waals surface area contributed by atoms with Gasteiger partial charge in [-0.25, -0.2) is 4.98 Å². The van der Waals surface area contributed by atoms with Gasteiger partial charge >= 0.3 is 0 Å². The van der Waals surface area contributed by atoms with Crippen LogP contribution in [0.5, 0.6) is 0 Å². The third-order valence-electron chi connectivity index (χ3n) is 5.21. The van der Waals surface area contributed by atoms with Crippen molar-refractivity contribution in [3.05, 3.63) is 66.5 Å². The average Bonchev–Trinajstić information content (AvgIpc) is 3.10. The van der Waals surface area contributed by atoms with Crippen molar-refractivity contribution < 1.29 is 4.79 Å². The number of carbonyl (C=O) groups is 1. The monoisotopic (exact) mass is 333 g/mol. The first-order valence-corrected chi connectivity index (χ1v) is 9.04. The molecule has 0 bridgehead atoms. The molecule has 4 rings (SSSR count). The second-order valence-corrected chi connectivity index (χ2v) is 6.74. The van der Waals surface area contributed by atoms with Gasteiger partial charge in [0.05, 0.1) is 17.4 Å². The smallest absolute Gasteiger partial charge is 0.224 e. The molecule has 0 N–H and O–H groups in total. The Hall–Kier alpha value is -2.62. The van der Waals surface area contributed by atoms with Crippen LogP contribution in [0.4, 0.5) is 0 Å². The van der Waals surface area contributed by atoms with E-state index in [0.29, 0.717) is 18.9 Å². The molecule has 0 unspecified atom stereocenters. The van der Waals surface area contributed by atoms with Crippen molar-refractivity contribution in [3.63, 3.8) is 0 Å². The fourth-order valence-electron chi connectivity index (χ4n) is 3.75. The number of imidazole rings is 1. The van der Waals surface area contributed by atoms with Crippen molar-refractivity contribution in [2.45, 2.75) is 31.7 Å². The van der Waals surface area contributed by atoms with Crippen molar-refractivity contribution in [2.24, 2.45) is 0 Å². The molecule has 128 valence electrons. The number of rotatable bonds is 4. The summed E-state index contributed by atoms with van der Waals surface area (Å²) in [5.74, 6) is 0.840. The van der Waals surface area contributed by atoms with E-state index in [2.05, 4.69) is 45.9 Å². The Morgan fingerprint density at radius 3 is 2.52 bits per heavy atom. The van der Waals surface area contributed by atoms with Crippen LogP contribution in [-0.4, -0.2) is 33.4 Å². The summed E-state index contributed by atoms with van der Waals surface area (Å²) < 4.78 is 2.07. The van der Waals surface area contributed by atoms with Crippen molar-refractivity contribution in [2.75, 3.05) is 13.1 Å². The van der Waals surface area contributed by atoms with Crippen molar-refractivity contribution >= 4 is 16.9 Å². The van der Waals surface area contributed by atoms with Crippen molar-refractivity contribution in [1.82, 2.24) is 14.5 Å². The number of amides is 1. The third kappa shape index (κ3) is 3.43. The Bertz CT molecular complexity index is 848. The summed E-state index contributed by atoms with van der Waals surface area (Å²) in [6.45, 7) is 2.42. The number of para-hydroxylation sites is 2. The molecule has 25 heavy (non-hydrogen) atoms. The molecule has 0 saturated carbocycles. The molecule has 1 aliphatic heterocycles. The fourth-order valence-corrected chi connectivity index (χ4v) is 3.75. The van der Waals surface area contributed by atoms with E-state index >= 15 is 0 Å².